The first-order valence-electron chi connectivity index (χ1n) is 7.82. The van der Waals surface area contributed by atoms with E-state index in [1.54, 1.807) is 14.2 Å². The van der Waals surface area contributed by atoms with Crippen LogP contribution in [0.2, 0.25) is 0 Å². The van der Waals surface area contributed by atoms with Gasteiger partial charge in [-0.3, -0.25) is 0 Å². The molecule has 0 aliphatic rings. The van der Waals surface area contributed by atoms with E-state index >= 15 is 0 Å². The third kappa shape index (κ3) is 6.05. The van der Waals surface area contributed by atoms with Crippen molar-refractivity contribution in [2.45, 2.75) is 6.61 Å². The molecule has 0 aliphatic heterocycles. The minimum Gasteiger partial charge on any atom is -0.491 e. The van der Waals surface area contributed by atoms with Crippen LogP contribution < -0.4 is 4.74 Å². The van der Waals surface area contributed by atoms with Crippen LogP contribution in [0, 0.1) is 3.57 Å². The molecule has 0 unspecified atom stereocenters. The summed E-state index contributed by atoms with van der Waals surface area (Å²) in [6, 6.07) is 14.6. The quantitative estimate of drug-likeness (QED) is 0.410. The number of benzene rings is 2. The molecule has 2 aromatic rings. The Morgan fingerprint density at radius 2 is 1.58 bits per heavy atom. The molecule has 130 valence electrons. The lowest BCUT2D eigenvalue weighted by Crippen LogP contribution is -2.10. The van der Waals surface area contributed by atoms with Crippen LogP contribution in [0.4, 0.5) is 0 Å². The summed E-state index contributed by atoms with van der Waals surface area (Å²) in [5, 5.41) is 0. The maximum Gasteiger partial charge on any atom is 0.119 e. The van der Waals surface area contributed by atoms with Gasteiger partial charge in [-0.15, -0.1) is 0 Å². The van der Waals surface area contributed by atoms with E-state index in [2.05, 4.69) is 52.9 Å². The normalized spacial score (nSPS) is 10.8. The standard InChI is InChI=1S/C19H23IO4/c1-21-9-10-23-11-12-24-18-7-8-19(16(13-18)14-22-2)15-3-5-17(20)6-4-15/h3-8,13H,9-12,14H2,1-2H3. The minimum atomic E-state index is 0.513. The molecule has 0 atom stereocenters. The van der Waals surface area contributed by atoms with E-state index in [0.717, 1.165) is 16.9 Å². The second-order valence-corrected chi connectivity index (χ2v) is 6.46. The Labute approximate surface area is 157 Å². The predicted octanol–water partition coefficient (Wildman–Crippen LogP) is 4.15. The van der Waals surface area contributed by atoms with Crippen LogP contribution in [-0.4, -0.2) is 40.6 Å². The highest BCUT2D eigenvalue weighted by molar-refractivity contribution is 14.1. The van der Waals surface area contributed by atoms with Gasteiger partial charge in [0, 0.05) is 17.8 Å². The van der Waals surface area contributed by atoms with Gasteiger partial charge in [0.15, 0.2) is 0 Å². The third-order valence-electron chi connectivity index (χ3n) is 3.46. The van der Waals surface area contributed by atoms with Crippen molar-refractivity contribution in [3.63, 3.8) is 0 Å². The van der Waals surface area contributed by atoms with Crippen molar-refractivity contribution in [2.24, 2.45) is 0 Å². The molecule has 0 bridgehead atoms. The summed E-state index contributed by atoms with van der Waals surface area (Å²) in [6.07, 6.45) is 0. The Morgan fingerprint density at radius 3 is 2.29 bits per heavy atom. The molecule has 0 fully saturated rings. The predicted molar refractivity (Wildman–Crippen MR) is 103 cm³/mol. The highest BCUT2D eigenvalue weighted by Gasteiger charge is 2.07. The SMILES string of the molecule is COCCOCCOc1ccc(-c2ccc(I)cc2)c(COC)c1. The molecule has 0 aromatic heterocycles. The molecule has 0 saturated carbocycles. The fraction of sp³-hybridized carbons (Fsp3) is 0.368. The average molecular weight is 442 g/mol. The van der Waals surface area contributed by atoms with Crippen LogP contribution in [0.15, 0.2) is 42.5 Å². The molecule has 0 saturated heterocycles. The lowest BCUT2D eigenvalue weighted by molar-refractivity contribution is 0.0544. The number of methoxy groups -OCH3 is 2. The Morgan fingerprint density at radius 1 is 0.833 bits per heavy atom. The zero-order valence-electron chi connectivity index (χ0n) is 14.1. The molecule has 5 heteroatoms. The lowest BCUT2D eigenvalue weighted by atomic mass is 10.00. The number of halogens is 1. The maximum atomic E-state index is 5.76. The number of rotatable bonds is 10. The second-order valence-electron chi connectivity index (χ2n) is 5.21. The number of hydrogen-bond donors (Lipinski definition) is 0. The summed E-state index contributed by atoms with van der Waals surface area (Å²) in [5.41, 5.74) is 3.45. The van der Waals surface area contributed by atoms with Gasteiger partial charge >= 0.3 is 0 Å². The van der Waals surface area contributed by atoms with Crippen molar-refractivity contribution in [3.8, 4) is 16.9 Å². The van der Waals surface area contributed by atoms with Gasteiger partial charge in [0.25, 0.3) is 0 Å². The van der Waals surface area contributed by atoms with Gasteiger partial charge in [0.2, 0.25) is 0 Å². The Kier molecular flexibility index (Phi) is 8.52. The van der Waals surface area contributed by atoms with Crippen molar-refractivity contribution >= 4 is 22.6 Å². The van der Waals surface area contributed by atoms with Crippen LogP contribution in [0.3, 0.4) is 0 Å². The Balaban J connectivity index is 2.02. The molecule has 0 N–H and O–H groups in total. The Hall–Kier alpha value is -1.15. The largest absolute Gasteiger partial charge is 0.491 e. The summed E-state index contributed by atoms with van der Waals surface area (Å²) in [6.45, 7) is 2.78. The van der Waals surface area contributed by atoms with Crippen LogP contribution in [0.1, 0.15) is 5.56 Å². The van der Waals surface area contributed by atoms with Crippen LogP contribution >= 0.6 is 22.6 Å². The topological polar surface area (TPSA) is 36.9 Å². The second kappa shape index (κ2) is 10.7. The average Bonchev–Trinajstić information content (AvgIpc) is 2.59. The van der Waals surface area contributed by atoms with E-state index in [4.69, 9.17) is 18.9 Å². The van der Waals surface area contributed by atoms with Gasteiger partial charge in [-0.25, -0.2) is 0 Å². The molecular formula is C19H23IO4. The Bertz CT molecular complexity index is 613. The first-order chi connectivity index (χ1) is 11.7. The molecule has 2 rings (SSSR count). The summed E-state index contributed by atoms with van der Waals surface area (Å²) in [4.78, 5) is 0. The van der Waals surface area contributed by atoms with E-state index in [1.165, 1.54) is 9.13 Å². The number of hydrogen-bond acceptors (Lipinski definition) is 4. The van der Waals surface area contributed by atoms with Gasteiger partial charge in [-0.05, 0) is 63.5 Å². The summed E-state index contributed by atoms with van der Waals surface area (Å²) in [5.74, 6) is 0.826. The van der Waals surface area contributed by atoms with Crippen molar-refractivity contribution in [2.75, 3.05) is 40.6 Å². The highest BCUT2D eigenvalue weighted by atomic mass is 127. The van der Waals surface area contributed by atoms with Gasteiger partial charge in [0.1, 0.15) is 12.4 Å². The molecule has 0 heterocycles. The lowest BCUT2D eigenvalue weighted by Gasteiger charge is -2.13. The van der Waals surface area contributed by atoms with Crippen molar-refractivity contribution in [1.82, 2.24) is 0 Å². The summed E-state index contributed by atoms with van der Waals surface area (Å²) >= 11 is 2.31. The summed E-state index contributed by atoms with van der Waals surface area (Å²) < 4.78 is 22.7. The molecule has 24 heavy (non-hydrogen) atoms. The van der Waals surface area contributed by atoms with E-state index in [0.29, 0.717) is 33.0 Å². The monoisotopic (exact) mass is 442 g/mol. The van der Waals surface area contributed by atoms with Crippen molar-refractivity contribution in [3.05, 3.63) is 51.6 Å². The smallest absolute Gasteiger partial charge is 0.119 e. The maximum absolute atomic E-state index is 5.76. The fourth-order valence-electron chi connectivity index (χ4n) is 2.31. The molecule has 2 aromatic carbocycles. The third-order valence-corrected chi connectivity index (χ3v) is 4.18. The molecule has 0 amide bonds. The van der Waals surface area contributed by atoms with Crippen LogP contribution in [0.5, 0.6) is 5.75 Å². The molecule has 0 spiro atoms. The van der Waals surface area contributed by atoms with Gasteiger partial charge in [0.05, 0.1) is 26.4 Å². The zero-order chi connectivity index (χ0) is 17.2. The van der Waals surface area contributed by atoms with E-state index in [1.807, 2.05) is 12.1 Å². The zero-order valence-corrected chi connectivity index (χ0v) is 16.2. The molecule has 4 nitrogen and oxygen atoms in total. The van der Waals surface area contributed by atoms with E-state index in [9.17, 15) is 0 Å². The van der Waals surface area contributed by atoms with Gasteiger partial charge < -0.3 is 18.9 Å². The highest BCUT2D eigenvalue weighted by Crippen LogP contribution is 2.28. The van der Waals surface area contributed by atoms with Crippen molar-refractivity contribution < 1.29 is 18.9 Å². The first-order valence-corrected chi connectivity index (χ1v) is 8.89. The van der Waals surface area contributed by atoms with E-state index < -0.39 is 0 Å². The van der Waals surface area contributed by atoms with E-state index in [-0.39, 0.29) is 0 Å². The fourth-order valence-corrected chi connectivity index (χ4v) is 2.67. The van der Waals surface area contributed by atoms with Gasteiger partial charge in [-0.2, -0.15) is 0 Å². The summed E-state index contributed by atoms with van der Waals surface area (Å²) in [7, 11) is 3.36. The van der Waals surface area contributed by atoms with Crippen LogP contribution in [-0.2, 0) is 20.8 Å². The first kappa shape index (κ1) is 19.2. The molecule has 0 radical (unpaired) electrons. The minimum absolute atomic E-state index is 0.513. The van der Waals surface area contributed by atoms with Crippen molar-refractivity contribution in [1.29, 1.82) is 0 Å². The van der Waals surface area contributed by atoms with Gasteiger partial charge in [-0.1, -0.05) is 18.2 Å². The van der Waals surface area contributed by atoms with Crippen LogP contribution in [0.25, 0.3) is 11.1 Å². The molecule has 0 aliphatic carbocycles. The molecular weight excluding hydrogens is 419 g/mol. The number of ether oxygens (including phenoxy) is 4.